The molecule has 0 aliphatic carbocycles. The monoisotopic (exact) mass is 597 g/mol. The van der Waals surface area contributed by atoms with Crippen LogP contribution in [0, 0.1) is 0 Å². The summed E-state index contributed by atoms with van der Waals surface area (Å²) in [7, 11) is 1.62. The quantitative estimate of drug-likeness (QED) is 0.222. The van der Waals surface area contributed by atoms with Crippen LogP contribution < -0.4 is 21.0 Å². The molecule has 210 valence electrons. The van der Waals surface area contributed by atoms with E-state index in [1.54, 1.807) is 36.1 Å². The second kappa shape index (κ2) is 11.3. The number of rotatable bonds is 7. The molecule has 10 heteroatoms. The third-order valence-electron chi connectivity index (χ3n) is 7.17. The summed E-state index contributed by atoms with van der Waals surface area (Å²) >= 11 is 13.5. The van der Waals surface area contributed by atoms with Crippen LogP contribution in [0.15, 0.2) is 101 Å². The van der Waals surface area contributed by atoms with Gasteiger partial charge in [0.2, 0.25) is 0 Å². The normalized spacial score (nSPS) is 12.0. The third kappa shape index (κ3) is 4.89. The van der Waals surface area contributed by atoms with E-state index in [4.69, 9.17) is 27.9 Å². The van der Waals surface area contributed by atoms with E-state index >= 15 is 0 Å². The Bertz CT molecular complexity index is 2060. The molecule has 6 aromatic rings. The number of hydrogen-bond acceptors (Lipinski definition) is 6. The Morgan fingerprint density at radius 1 is 0.905 bits per heavy atom. The number of anilines is 1. The van der Waals surface area contributed by atoms with E-state index in [9.17, 15) is 9.59 Å². The first kappa shape index (κ1) is 27.5. The van der Waals surface area contributed by atoms with Crippen LogP contribution in [0.25, 0.3) is 27.5 Å². The molecule has 0 radical (unpaired) electrons. The van der Waals surface area contributed by atoms with E-state index in [2.05, 4.69) is 15.3 Å². The number of nitrogens with zero attached hydrogens (tertiary/aromatic N) is 4. The van der Waals surface area contributed by atoms with Gasteiger partial charge in [0, 0.05) is 29.9 Å². The van der Waals surface area contributed by atoms with E-state index in [1.807, 2.05) is 66.1 Å². The van der Waals surface area contributed by atoms with Crippen molar-refractivity contribution >= 4 is 50.8 Å². The molecule has 0 fully saturated rings. The topological polar surface area (TPSA) is 91.0 Å². The first-order valence-corrected chi connectivity index (χ1v) is 13.9. The molecular weight excluding hydrogens is 573 g/mol. The maximum Gasteiger partial charge on any atom is 0.264 e. The Balaban J connectivity index is 1.48. The van der Waals surface area contributed by atoms with Crippen LogP contribution in [0.2, 0.25) is 10.0 Å². The van der Waals surface area contributed by atoms with Gasteiger partial charge in [-0.3, -0.25) is 14.2 Å². The average molecular weight is 598 g/mol. The second-order valence-corrected chi connectivity index (χ2v) is 10.6. The van der Waals surface area contributed by atoms with Crippen molar-refractivity contribution in [3.63, 3.8) is 0 Å². The Morgan fingerprint density at radius 3 is 2.40 bits per heavy atom. The van der Waals surface area contributed by atoms with Crippen molar-refractivity contribution in [2.75, 3.05) is 12.4 Å². The van der Waals surface area contributed by atoms with Crippen LogP contribution in [0.5, 0.6) is 5.75 Å². The van der Waals surface area contributed by atoms with Gasteiger partial charge >= 0.3 is 0 Å². The molecule has 3 heterocycles. The van der Waals surface area contributed by atoms with Crippen LogP contribution in [0.4, 0.5) is 5.82 Å². The van der Waals surface area contributed by atoms with E-state index in [1.165, 1.54) is 12.4 Å². The molecule has 3 aromatic carbocycles. The van der Waals surface area contributed by atoms with Gasteiger partial charge in [-0.05, 0) is 42.8 Å². The molecule has 0 saturated carbocycles. The van der Waals surface area contributed by atoms with Crippen molar-refractivity contribution in [2.24, 2.45) is 0 Å². The average Bonchev–Trinajstić information content (AvgIpc) is 3.01. The van der Waals surface area contributed by atoms with Crippen LogP contribution in [0.3, 0.4) is 0 Å². The minimum atomic E-state index is -0.554. The number of pyridine rings is 2. The lowest BCUT2D eigenvalue weighted by molar-refractivity contribution is 0.414. The molecule has 0 aliphatic heterocycles. The van der Waals surface area contributed by atoms with Crippen LogP contribution >= 0.6 is 23.2 Å². The molecule has 1 N–H and O–H groups in total. The fraction of sp³-hybridized carbons (Fsp3) is 0.125. The smallest absolute Gasteiger partial charge is 0.264 e. The lowest BCUT2D eigenvalue weighted by Crippen LogP contribution is -2.27. The Kier molecular flexibility index (Phi) is 7.41. The zero-order valence-electron chi connectivity index (χ0n) is 22.7. The van der Waals surface area contributed by atoms with Crippen molar-refractivity contribution in [3.8, 4) is 11.4 Å². The Labute approximate surface area is 250 Å². The van der Waals surface area contributed by atoms with Gasteiger partial charge in [0.15, 0.2) is 5.43 Å². The van der Waals surface area contributed by atoms with Gasteiger partial charge in [0.1, 0.15) is 28.9 Å². The predicted molar refractivity (Wildman–Crippen MR) is 167 cm³/mol. The van der Waals surface area contributed by atoms with Crippen LogP contribution in [-0.2, 0) is 6.54 Å². The van der Waals surface area contributed by atoms with Gasteiger partial charge in [-0.2, -0.15) is 0 Å². The Hall–Kier alpha value is -4.66. The van der Waals surface area contributed by atoms with E-state index in [0.29, 0.717) is 55.6 Å². The summed E-state index contributed by atoms with van der Waals surface area (Å²) in [5, 5.41) is 5.23. The Morgan fingerprint density at radius 2 is 1.67 bits per heavy atom. The molecule has 0 saturated heterocycles. The molecule has 3 aromatic heterocycles. The summed E-state index contributed by atoms with van der Waals surface area (Å²) in [5.41, 5.74) is 2.08. The molecule has 0 spiro atoms. The van der Waals surface area contributed by atoms with Gasteiger partial charge < -0.3 is 14.6 Å². The number of halogens is 2. The molecule has 0 bridgehead atoms. The maximum absolute atomic E-state index is 13.9. The summed E-state index contributed by atoms with van der Waals surface area (Å²) < 4.78 is 8.71. The molecule has 0 amide bonds. The first-order valence-electron chi connectivity index (χ1n) is 13.2. The number of nitrogens with one attached hydrogen (secondary N) is 1. The lowest BCUT2D eigenvalue weighted by Gasteiger charge is -2.23. The number of ether oxygens (including phenoxy) is 1. The standard InChI is InChI=1S/C32H25Cl2N5O3/c1-19(29-28(34)23-9-6-10-24(33)26(23)32(41)39(29)21-7-4-3-5-8-21)37-30-27-25(40)15-16-38(31(27)36-18-35-30)17-20-11-13-22(42-2)14-12-20/h3-16,18-19H,17H2,1-2H3,(H,35,36,37). The minimum Gasteiger partial charge on any atom is -0.497 e. The summed E-state index contributed by atoms with van der Waals surface area (Å²) in [6, 6.07) is 23.0. The molecule has 8 nitrogen and oxygen atoms in total. The highest BCUT2D eigenvalue weighted by molar-refractivity contribution is 6.40. The SMILES string of the molecule is COc1ccc(Cn2ccc(=O)c3c(NC(C)c4c(Cl)c5cccc(Cl)c5c(=O)n4-c4ccccc4)ncnc32)cc1. The highest BCUT2D eigenvalue weighted by Crippen LogP contribution is 2.35. The molecule has 1 unspecified atom stereocenters. The summed E-state index contributed by atoms with van der Waals surface area (Å²) in [4.78, 5) is 36.0. The zero-order valence-corrected chi connectivity index (χ0v) is 24.2. The fourth-order valence-electron chi connectivity index (χ4n) is 5.17. The second-order valence-electron chi connectivity index (χ2n) is 9.78. The molecule has 1 atom stereocenters. The van der Waals surface area contributed by atoms with Crippen molar-refractivity contribution in [2.45, 2.75) is 19.5 Å². The van der Waals surface area contributed by atoms with Gasteiger partial charge in [-0.1, -0.05) is 65.7 Å². The van der Waals surface area contributed by atoms with Crippen molar-refractivity contribution in [1.82, 2.24) is 19.1 Å². The highest BCUT2D eigenvalue weighted by atomic mass is 35.5. The summed E-state index contributed by atoms with van der Waals surface area (Å²) in [6.07, 6.45) is 3.12. The van der Waals surface area contributed by atoms with Crippen molar-refractivity contribution < 1.29 is 4.74 Å². The van der Waals surface area contributed by atoms with Gasteiger partial charge in [-0.15, -0.1) is 0 Å². The first-order chi connectivity index (χ1) is 20.4. The molecular formula is C32H25Cl2N5O3. The third-order valence-corrected chi connectivity index (χ3v) is 7.89. The van der Waals surface area contributed by atoms with Crippen LogP contribution in [-0.4, -0.2) is 26.2 Å². The molecule has 42 heavy (non-hydrogen) atoms. The number of benzene rings is 3. The zero-order chi connectivity index (χ0) is 29.4. The van der Waals surface area contributed by atoms with Gasteiger partial charge in [0.25, 0.3) is 5.56 Å². The van der Waals surface area contributed by atoms with Crippen LogP contribution in [0.1, 0.15) is 24.2 Å². The number of fused-ring (bicyclic) bond motifs is 2. The number of aromatic nitrogens is 4. The number of hydrogen-bond donors (Lipinski definition) is 1. The van der Waals surface area contributed by atoms with Crippen molar-refractivity contribution in [3.05, 3.63) is 133 Å². The van der Waals surface area contributed by atoms with Gasteiger partial charge in [0.05, 0.1) is 34.3 Å². The molecule has 6 rings (SSSR count). The van der Waals surface area contributed by atoms with E-state index < -0.39 is 6.04 Å². The maximum atomic E-state index is 13.9. The number of methoxy groups -OCH3 is 1. The molecule has 0 aliphatic rings. The highest BCUT2D eigenvalue weighted by Gasteiger charge is 2.24. The number of para-hydroxylation sites is 1. The van der Waals surface area contributed by atoms with Crippen molar-refractivity contribution in [1.29, 1.82) is 0 Å². The summed E-state index contributed by atoms with van der Waals surface area (Å²) in [5.74, 6) is 1.09. The summed E-state index contributed by atoms with van der Waals surface area (Å²) in [6.45, 7) is 2.35. The van der Waals surface area contributed by atoms with Gasteiger partial charge in [-0.25, -0.2) is 9.97 Å². The largest absolute Gasteiger partial charge is 0.497 e. The van der Waals surface area contributed by atoms with E-state index in [-0.39, 0.29) is 11.0 Å². The lowest BCUT2D eigenvalue weighted by atomic mass is 10.1. The fourth-order valence-corrected chi connectivity index (χ4v) is 5.83. The minimum absolute atomic E-state index is 0.233. The van der Waals surface area contributed by atoms with E-state index in [0.717, 1.165) is 11.3 Å². The predicted octanol–water partition coefficient (Wildman–Crippen LogP) is 6.63.